The van der Waals surface area contributed by atoms with Crippen LogP contribution in [0.25, 0.3) is 0 Å². The van der Waals surface area contributed by atoms with Gasteiger partial charge in [0.05, 0.1) is 0 Å². The minimum atomic E-state index is -0.172. The number of aromatic nitrogens is 2. The second-order valence-corrected chi connectivity index (χ2v) is 7.16. The number of ether oxygens (including phenoxy) is 1. The first-order valence-electron chi connectivity index (χ1n) is 9.97. The van der Waals surface area contributed by atoms with Crippen molar-refractivity contribution in [3.63, 3.8) is 0 Å². The number of carbonyl (C=O) groups is 1. The van der Waals surface area contributed by atoms with Crippen molar-refractivity contribution in [1.29, 1.82) is 0 Å². The zero-order chi connectivity index (χ0) is 20.3. The molecule has 3 heterocycles. The topological polar surface area (TPSA) is 82.6 Å². The molecule has 5 rings (SSSR count). The summed E-state index contributed by atoms with van der Waals surface area (Å²) in [5, 5.41) is 6.54. The molecule has 0 atom stereocenters. The van der Waals surface area contributed by atoms with Gasteiger partial charge in [-0.15, -0.1) is 0 Å². The van der Waals surface area contributed by atoms with E-state index in [1.807, 2.05) is 42.5 Å². The van der Waals surface area contributed by atoms with Crippen LogP contribution in [-0.4, -0.2) is 48.8 Å². The zero-order valence-corrected chi connectivity index (χ0v) is 16.4. The maximum atomic E-state index is 12.8. The first kappa shape index (κ1) is 18.4. The number of hydrogen-bond acceptors (Lipinski definition) is 7. The molecular weight excluding hydrogens is 380 g/mol. The van der Waals surface area contributed by atoms with E-state index in [0.29, 0.717) is 17.4 Å². The van der Waals surface area contributed by atoms with E-state index in [4.69, 9.17) is 4.74 Å². The van der Waals surface area contributed by atoms with Crippen molar-refractivity contribution in [2.45, 2.75) is 0 Å². The van der Waals surface area contributed by atoms with E-state index in [0.717, 1.165) is 37.6 Å². The molecule has 152 valence electrons. The third-order valence-electron chi connectivity index (χ3n) is 5.23. The predicted octanol–water partition coefficient (Wildman–Crippen LogP) is 2.63. The van der Waals surface area contributed by atoms with Crippen LogP contribution >= 0.6 is 0 Å². The molecule has 2 aromatic carbocycles. The lowest BCUT2D eigenvalue weighted by Crippen LogP contribution is -2.43. The Morgan fingerprint density at radius 1 is 0.967 bits per heavy atom. The van der Waals surface area contributed by atoms with Gasteiger partial charge in [0.25, 0.3) is 5.91 Å². The molecule has 8 nitrogen and oxygen atoms in total. The molecule has 1 fully saturated rings. The number of nitrogens with one attached hydrogen (secondary N) is 2. The summed E-state index contributed by atoms with van der Waals surface area (Å²) in [7, 11) is 0. The molecule has 30 heavy (non-hydrogen) atoms. The normalized spacial score (nSPS) is 16.1. The fourth-order valence-electron chi connectivity index (χ4n) is 3.62. The van der Waals surface area contributed by atoms with E-state index in [2.05, 4.69) is 37.6 Å². The minimum absolute atomic E-state index is 0.117. The van der Waals surface area contributed by atoms with Crippen molar-refractivity contribution in [1.82, 2.24) is 15.3 Å². The highest BCUT2D eigenvalue weighted by Crippen LogP contribution is 2.28. The Kier molecular flexibility index (Phi) is 4.90. The number of rotatable bonds is 4. The average molecular weight is 402 g/mol. The summed E-state index contributed by atoms with van der Waals surface area (Å²) in [5.41, 5.74) is 3.20. The first-order valence-corrected chi connectivity index (χ1v) is 9.97. The standard InChI is InChI=1S/C22H22N6O2/c29-21-19-14-24-22(26-20(19)30-15-28(21)18-4-2-1-3-5-18)25-16-6-8-17(9-7-16)27-12-10-23-11-13-27/h1-9,14,23H,10-13,15H2,(H,24,25,26). The number of fused-ring (bicyclic) bond motifs is 1. The molecule has 2 N–H and O–H groups in total. The molecule has 1 aromatic heterocycles. The number of amides is 1. The van der Waals surface area contributed by atoms with E-state index < -0.39 is 0 Å². The molecule has 1 amide bonds. The summed E-state index contributed by atoms with van der Waals surface area (Å²) in [4.78, 5) is 25.4. The molecule has 0 spiro atoms. The van der Waals surface area contributed by atoms with Crippen molar-refractivity contribution < 1.29 is 9.53 Å². The lowest BCUT2D eigenvalue weighted by atomic mass is 10.2. The van der Waals surface area contributed by atoms with Crippen molar-refractivity contribution in [2.75, 3.05) is 48.0 Å². The molecular formula is C22H22N6O2. The van der Waals surface area contributed by atoms with E-state index in [-0.39, 0.29) is 12.6 Å². The lowest BCUT2D eigenvalue weighted by molar-refractivity contribution is 0.0932. The molecule has 1 saturated heterocycles. The molecule has 3 aromatic rings. The number of hydrogen-bond donors (Lipinski definition) is 2. The zero-order valence-electron chi connectivity index (χ0n) is 16.4. The van der Waals surface area contributed by atoms with Crippen molar-refractivity contribution >= 4 is 28.9 Å². The number of anilines is 4. The molecule has 2 aliphatic rings. The third-order valence-corrected chi connectivity index (χ3v) is 5.23. The maximum absolute atomic E-state index is 12.8. The van der Waals surface area contributed by atoms with Crippen LogP contribution in [0, 0.1) is 0 Å². The fourth-order valence-corrected chi connectivity index (χ4v) is 3.62. The van der Waals surface area contributed by atoms with Gasteiger partial charge in [0, 0.05) is 49.4 Å². The molecule has 0 saturated carbocycles. The van der Waals surface area contributed by atoms with E-state index in [9.17, 15) is 4.79 Å². The van der Waals surface area contributed by atoms with Crippen LogP contribution in [0.5, 0.6) is 5.88 Å². The number of benzene rings is 2. The Morgan fingerprint density at radius 2 is 1.73 bits per heavy atom. The highest BCUT2D eigenvalue weighted by atomic mass is 16.5. The Bertz CT molecular complexity index is 1040. The van der Waals surface area contributed by atoms with Gasteiger partial charge in [-0.25, -0.2) is 4.98 Å². The van der Waals surface area contributed by atoms with E-state index >= 15 is 0 Å². The second kappa shape index (κ2) is 8.00. The fraction of sp³-hybridized carbons (Fsp3) is 0.227. The van der Waals surface area contributed by atoms with Gasteiger partial charge in [-0.2, -0.15) is 4.98 Å². The first-order chi connectivity index (χ1) is 14.8. The van der Waals surface area contributed by atoms with Crippen LogP contribution in [0.4, 0.5) is 23.0 Å². The quantitative estimate of drug-likeness (QED) is 0.694. The van der Waals surface area contributed by atoms with E-state index in [1.54, 1.807) is 4.90 Å². The van der Waals surface area contributed by atoms with Gasteiger partial charge in [-0.1, -0.05) is 18.2 Å². The SMILES string of the molecule is O=C1c2cnc(Nc3ccc(N4CCNCC4)cc3)nc2OCN1c1ccccc1. The summed E-state index contributed by atoms with van der Waals surface area (Å²) in [5.74, 6) is 0.515. The Morgan fingerprint density at radius 3 is 2.50 bits per heavy atom. The van der Waals surface area contributed by atoms with Gasteiger partial charge in [-0.05, 0) is 36.4 Å². The van der Waals surface area contributed by atoms with Crippen LogP contribution in [0.2, 0.25) is 0 Å². The Balaban J connectivity index is 1.30. The maximum Gasteiger partial charge on any atom is 0.268 e. The van der Waals surface area contributed by atoms with Crippen LogP contribution in [0.3, 0.4) is 0 Å². The molecule has 0 unspecified atom stereocenters. The Hall–Kier alpha value is -3.65. The van der Waals surface area contributed by atoms with Crippen LogP contribution in [0.15, 0.2) is 60.8 Å². The highest BCUT2D eigenvalue weighted by Gasteiger charge is 2.28. The number of carbonyl (C=O) groups excluding carboxylic acids is 1. The summed E-state index contributed by atoms with van der Waals surface area (Å²) in [6.07, 6.45) is 1.51. The monoisotopic (exact) mass is 402 g/mol. The number of nitrogens with zero attached hydrogens (tertiary/aromatic N) is 4. The number of para-hydroxylation sites is 1. The van der Waals surface area contributed by atoms with Crippen LogP contribution in [-0.2, 0) is 0 Å². The third kappa shape index (κ3) is 3.65. The summed E-state index contributed by atoms with van der Waals surface area (Å²) < 4.78 is 5.74. The number of piperazine rings is 1. The van der Waals surface area contributed by atoms with Gasteiger partial charge in [0.2, 0.25) is 11.8 Å². The molecule has 2 aliphatic heterocycles. The molecule has 0 radical (unpaired) electrons. The Labute approximate surface area is 174 Å². The lowest BCUT2D eigenvalue weighted by Gasteiger charge is -2.29. The largest absolute Gasteiger partial charge is 0.455 e. The average Bonchev–Trinajstić information content (AvgIpc) is 2.81. The second-order valence-electron chi connectivity index (χ2n) is 7.16. The van der Waals surface area contributed by atoms with Crippen molar-refractivity contribution in [3.8, 4) is 5.88 Å². The van der Waals surface area contributed by atoms with Gasteiger partial charge in [0.15, 0.2) is 6.73 Å². The minimum Gasteiger partial charge on any atom is -0.455 e. The van der Waals surface area contributed by atoms with Gasteiger partial charge in [0.1, 0.15) is 5.56 Å². The highest BCUT2D eigenvalue weighted by molar-refractivity contribution is 6.08. The summed E-state index contributed by atoms with van der Waals surface area (Å²) >= 11 is 0. The van der Waals surface area contributed by atoms with Gasteiger partial charge >= 0.3 is 0 Å². The van der Waals surface area contributed by atoms with Gasteiger partial charge < -0.3 is 20.3 Å². The smallest absolute Gasteiger partial charge is 0.268 e. The van der Waals surface area contributed by atoms with E-state index in [1.165, 1.54) is 11.9 Å². The molecule has 8 heteroatoms. The van der Waals surface area contributed by atoms with Crippen molar-refractivity contribution in [2.24, 2.45) is 0 Å². The predicted molar refractivity (Wildman–Crippen MR) is 116 cm³/mol. The molecule has 0 bridgehead atoms. The molecule has 0 aliphatic carbocycles. The van der Waals surface area contributed by atoms with Crippen LogP contribution < -0.4 is 25.2 Å². The summed E-state index contributed by atoms with van der Waals surface area (Å²) in [6, 6.07) is 17.6. The summed E-state index contributed by atoms with van der Waals surface area (Å²) in [6.45, 7) is 4.14. The van der Waals surface area contributed by atoms with Crippen molar-refractivity contribution in [3.05, 3.63) is 66.4 Å². The van der Waals surface area contributed by atoms with Gasteiger partial charge in [-0.3, -0.25) is 9.69 Å². The van der Waals surface area contributed by atoms with Crippen LogP contribution in [0.1, 0.15) is 10.4 Å².